The molecule has 0 radical (unpaired) electrons. The van der Waals surface area contributed by atoms with E-state index >= 15 is 0 Å². The van der Waals surface area contributed by atoms with Crippen LogP contribution in [0.2, 0.25) is 0 Å². The quantitative estimate of drug-likeness (QED) is 0.795. The third kappa shape index (κ3) is 1.15. The molecule has 1 aromatic rings. The van der Waals surface area contributed by atoms with Gasteiger partial charge in [-0.15, -0.1) is 6.58 Å². The maximum absolute atomic E-state index is 10.1. The number of aromatic hydroxyl groups is 1. The van der Waals surface area contributed by atoms with Crippen molar-refractivity contribution in [3.05, 3.63) is 48.3 Å². The van der Waals surface area contributed by atoms with Gasteiger partial charge >= 0.3 is 0 Å². The monoisotopic (exact) mass is 269 g/mol. The Morgan fingerprint density at radius 1 is 1.50 bits per heavy atom. The third-order valence-electron chi connectivity index (χ3n) is 5.48. The number of piperidine rings is 1. The van der Waals surface area contributed by atoms with E-state index in [0.29, 0.717) is 17.7 Å². The van der Waals surface area contributed by atoms with Crippen molar-refractivity contribution >= 4 is 0 Å². The van der Waals surface area contributed by atoms with Crippen LogP contribution in [0.4, 0.5) is 0 Å². The lowest BCUT2D eigenvalue weighted by atomic mass is 9.57. The van der Waals surface area contributed by atoms with E-state index in [9.17, 15) is 5.11 Å². The Morgan fingerprint density at radius 3 is 3.05 bits per heavy atom. The van der Waals surface area contributed by atoms with Crippen LogP contribution >= 0.6 is 0 Å². The molecule has 3 nitrogen and oxygen atoms in total. The van der Waals surface area contributed by atoms with Gasteiger partial charge in [-0.1, -0.05) is 18.7 Å². The lowest BCUT2D eigenvalue weighted by Gasteiger charge is -2.52. The molecule has 1 fully saturated rings. The van der Waals surface area contributed by atoms with Gasteiger partial charge in [0.15, 0.2) is 11.5 Å². The van der Waals surface area contributed by atoms with E-state index < -0.39 is 0 Å². The molecular formula is C17H19NO2. The lowest BCUT2D eigenvalue weighted by molar-refractivity contribution is 0.0698. The number of benzene rings is 1. The lowest BCUT2D eigenvalue weighted by Crippen LogP contribution is -2.57. The highest BCUT2D eigenvalue weighted by atomic mass is 16.5. The number of hydrogen-bond acceptors (Lipinski definition) is 3. The van der Waals surface area contributed by atoms with Crippen molar-refractivity contribution in [1.29, 1.82) is 0 Å². The van der Waals surface area contributed by atoms with Crippen molar-refractivity contribution in [2.24, 2.45) is 5.92 Å². The fraction of sp³-hybridized carbons (Fsp3) is 0.412. The van der Waals surface area contributed by atoms with Crippen LogP contribution in [0.1, 0.15) is 17.5 Å². The largest absolute Gasteiger partial charge is 0.504 e. The van der Waals surface area contributed by atoms with Crippen LogP contribution in [0.5, 0.6) is 11.5 Å². The molecule has 20 heavy (non-hydrogen) atoms. The zero-order valence-corrected chi connectivity index (χ0v) is 11.7. The molecule has 1 aromatic carbocycles. The number of rotatable bonds is 1. The number of phenols is 1. The Balaban J connectivity index is 2.05. The number of phenolic OH excluding ortho intramolecular Hbond substituents is 1. The second-order valence-corrected chi connectivity index (χ2v) is 6.21. The van der Waals surface area contributed by atoms with Crippen molar-refractivity contribution in [3.8, 4) is 11.5 Å². The van der Waals surface area contributed by atoms with Crippen molar-refractivity contribution in [2.45, 2.75) is 24.3 Å². The van der Waals surface area contributed by atoms with Gasteiger partial charge in [-0.05, 0) is 38.1 Å². The summed E-state index contributed by atoms with van der Waals surface area (Å²) in [5, 5.41) is 10.1. The summed E-state index contributed by atoms with van der Waals surface area (Å²) in [5.41, 5.74) is 2.25. The molecule has 1 saturated heterocycles. The van der Waals surface area contributed by atoms with E-state index in [1.807, 2.05) is 6.07 Å². The summed E-state index contributed by atoms with van der Waals surface area (Å²) in [7, 11) is 2.18. The summed E-state index contributed by atoms with van der Waals surface area (Å²) in [6.07, 6.45) is 4.00. The van der Waals surface area contributed by atoms with Gasteiger partial charge in [-0.2, -0.15) is 0 Å². The molecule has 3 aliphatic rings. The highest BCUT2D eigenvalue weighted by Crippen LogP contribution is 2.61. The molecular weight excluding hydrogens is 250 g/mol. The SMILES string of the molecule is C=CC1C2Cc3ccc(O)c4c3C1(CCN2C)C(=C)O4. The van der Waals surface area contributed by atoms with Crippen LogP contribution in [0, 0.1) is 5.92 Å². The van der Waals surface area contributed by atoms with Gasteiger partial charge in [0.05, 0.1) is 5.41 Å². The average molecular weight is 269 g/mol. The zero-order chi connectivity index (χ0) is 14.1. The van der Waals surface area contributed by atoms with Gasteiger partial charge in [0, 0.05) is 17.5 Å². The molecule has 104 valence electrons. The van der Waals surface area contributed by atoms with E-state index in [-0.39, 0.29) is 11.2 Å². The first-order valence-electron chi connectivity index (χ1n) is 7.15. The minimum absolute atomic E-state index is 0.194. The summed E-state index contributed by atoms with van der Waals surface area (Å²) in [6, 6.07) is 4.21. The summed E-state index contributed by atoms with van der Waals surface area (Å²) in [5.74, 6) is 1.92. The van der Waals surface area contributed by atoms with Crippen LogP contribution in [0.15, 0.2) is 37.1 Å². The molecule has 2 bridgehead atoms. The van der Waals surface area contributed by atoms with Crippen LogP contribution in [-0.4, -0.2) is 29.6 Å². The molecule has 2 aliphatic heterocycles. The molecule has 1 spiro atoms. The van der Waals surface area contributed by atoms with E-state index in [4.69, 9.17) is 4.74 Å². The second-order valence-electron chi connectivity index (χ2n) is 6.21. The van der Waals surface area contributed by atoms with Crippen LogP contribution in [-0.2, 0) is 11.8 Å². The number of ether oxygens (including phenoxy) is 1. The molecule has 0 saturated carbocycles. The number of likely N-dealkylation sites (tertiary alicyclic amines) is 1. The van der Waals surface area contributed by atoms with Crippen molar-refractivity contribution < 1.29 is 9.84 Å². The fourth-order valence-electron chi connectivity index (χ4n) is 4.50. The van der Waals surface area contributed by atoms with Crippen molar-refractivity contribution in [2.75, 3.05) is 13.6 Å². The Bertz CT molecular complexity index is 636. The first kappa shape index (κ1) is 12.0. The number of nitrogens with zero attached hydrogens (tertiary/aromatic N) is 1. The topological polar surface area (TPSA) is 32.7 Å². The molecule has 3 heteroatoms. The maximum Gasteiger partial charge on any atom is 0.173 e. The molecule has 3 unspecified atom stereocenters. The fourth-order valence-corrected chi connectivity index (χ4v) is 4.50. The van der Waals surface area contributed by atoms with E-state index in [2.05, 4.69) is 31.2 Å². The predicted octanol–water partition coefficient (Wildman–Crippen LogP) is 2.60. The van der Waals surface area contributed by atoms with E-state index in [1.165, 1.54) is 5.56 Å². The Morgan fingerprint density at radius 2 is 2.30 bits per heavy atom. The highest BCUT2D eigenvalue weighted by molar-refractivity contribution is 5.63. The van der Waals surface area contributed by atoms with Gasteiger partial charge < -0.3 is 14.7 Å². The molecule has 0 aromatic heterocycles. The molecule has 1 aliphatic carbocycles. The molecule has 2 heterocycles. The standard InChI is InChI=1S/C17H19NO2/c1-4-12-13-9-11-5-6-14(19)16-15(11)17(12,10(2)20-16)7-8-18(13)3/h4-6,12-13,19H,1-2,7-9H2,3H3. The third-order valence-corrected chi connectivity index (χ3v) is 5.48. The predicted molar refractivity (Wildman–Crippen MR) is 78.0 cm³/mol. The second kappa shape index (κ2) is 3.67. The molecule has 0 amide bonds. The maximum atomic E-state index is 10.1. The van der Waals surface area contributed by atoms with Gasteiger partial charge in [0.25, 0.3) is 0 Å². The first-order chi connectivity index (χ1) is 9.59. The van der Waals surface area contributed by atoms with Crippen molar-refractivity contribution in [1.82, 2.24) is 4.90 Å². The molecule has 3 atom stereocenters. The Labute approximate surface area is 119 Å². The Hall–Kier alpha value is -1.74. The zero-order valence-electron chi connectivity index (χ0n) is 11.7. The summed E-state index contributed by atoms with van der Waals surface area (Å²) >= 11 is 0. The average Bonchev–Trinajstić information content (AvgIpc) is 2.73. The molecule has 4 rings (SSSR count). The van der Waals surface area contributed by atoms with Gasteiger partial charge in [0.2, 0.25) is 0 Å². The number of likely N-dealkylation sites (N-methyl/N-ethyl adjacent to an activating group) is 1. The number of allylic oxidation sites excluding steroid dienone is 1. The van der Waals surface area contributed by atoms with E-state index in [0.717, 1.165) is 30.7 Å². The normalized spacial score (nSPS) is 34.5. The minimum atomic E-state index is -0.194. The number of fused-ring (bicyclic) bond motifs is 1. The smallest absolute Gasteiger partial charge is 0.173 e. The minimum Gasteiger partial charge on any atom is -0.504 e. The van der Waals surface area contributed by atoms with Crippen LogP contribution < -0.4 is 4.74 Å². The van der Waals surface area contributed by atoms with Gasteiger partial charge in [-0.3, -0.25) is 0 Å². The van der Waals surface area contributed by atoms with Crippen molar-refractivity contribution in [3.63, 3.8) is 0 Å². The van der Waals surface area contributed by atoms with Crippen LogP contribution in [0.3, 0.4) is 0 Å². The summed E-state index contributed by atoms with van der Waals surface area (Å²) < 4.78 is 5.89. The molecule has 1 N–H and O–H groups in total. The summed E-state index contributed by atoms with van der Waals surface area (Å²) in [4.78, 5) is 2.42. The number of hydrogen-bond donors (Lipinski definition) is 1. The van der Waals surface area contributed by atoms with Crippen LogP contribution in [0.25, 0.3) is 0 Å². The summed E-state index contributed by atoms with van der Waals surface area (Å²) in [6.45, 7) is 9.25. The van der Waals surface area contributed by atoms with Gasteiger partial charge in [0.1, 0.15) is 5.76 Å². The van der Waals surface area contributed by atoms with Gasteiger partial charge in [-0.25, -0.2) is 0 Å². The highest BCUT2D eigenvalue weighted by Gasteiger charge is 2.58. The first-order valence-corrected chi connectivity index (χ1v) is 7.15. The Kier molecular flexibility index (Phi) is 2.21. The van der Waals surface area contributed by atoms with E-state index in [1.54, 1.807) is 6.07 Å².